The summed E-state index contributed by atoms with van der Waals surface area (Å²) in [5.74, 6) is 1.59. The number of hydrogen-bond donors (Lipinski definition) is 1. The molecule has 1 N–H and O–H groups in total. The normalized spacial score (nSPS) is 25.4. The first kappa shape index (κ1) is 14.5. The Morgan fingerprint density at radius 3 is 2.41 bits per heavy atom. The van der Waals surface area contributed by atoms with Crippen molar-refractivity contribution in [2.24, 2.45) is 11.8 Å². The minimum Gasteiger partial charge on any atom is -0.326 e. The summed E-state index contributed by atoms with van der Waals surface area (Å²) in [7, 11) is 0. The zero-order valence-electron chi connectivity index (χ0n) is 12.0. The van der Waals surface area contributed by atoms with Crippen molar-refractivity contribution < 1.29 is 4.79 Å². The molecule has 0 aromatic heterocycles. The van der Waals surface area contributed by atoms with Crippen LogP contribution in [0.1, 0.15) is 53.9 Å². The van der Waals surface area contributed by atoms with E-state index in [9.17, 15) is 4.79 Å². The highest BCUT2D eigenvalue weighted by molar-refractivity contribution is 5.84. The van der Waals surface area contributed by atoms with Gasteiger partial charge in [0, 0.05) is 6.54 Å². The molecule has 1 rings (SSSR count). The fourth-order valence-electron chi connectivity index (χ4n) is 2.46. The number of hydrogen-bond acceptors (Lipinski definition) is 2. The maximum Gasteiger partial charge on any atom is 0.241 e. The lowest BCUT2D eigenvalue weighted by atomic mass is 10.0. The Labute approximate surface area is 106 Å². The first-order valence-corrected chi connectivity index (χ1v) is 6.98. The molecule has 100 valence electrons. The van der Waals surface area contributed by atoms with E-state index in [-0.39, 0.29) is 12.2 Å². The Kier molecular flexibility index (Phi) is 5.44. The van der Waals surface area contributed by atoms with Gasteiger partial charge in [-0.2, -0.15) is 0 Å². The number of nitrogens with zero attached hydrogens (tertiary/aromatic N) is 1. The smallest absolute Gasteiger partial charge is 0.241 e. The third-order valence-corrected chi connectivity index (χ3v) is 3.38. The first-order valence-electron chi connectivity index (χ1n) is 6.98. The summed E-state index contributed by atoms with van der Waals surface area (Å²) in [5, 5.41) is 3.40. The number of amides is 1. The van der Waals surface area contributed by atoms with Crippen LogP contribution in [0.3, 0.4) is 0 Å². The quantitative estimate of drug-likeness (QED) is 0.774. The van der Waals surface area contributed by atoms with E-state index in [1.807, 2.05) is 4.90 Å². The van der Waals surface area contributed by atoms with Gasteiger partial charge in [-0.05, 0) is 38.0 Å². The molecule has 1 aliphatic heterocycles. The van der Waals surface area contributed by atoms with Gasteiger partial charge >= 0.3 is 0 Å². The van der Waals surface area contributed by atoms with Crippen molar-refractivity contribution in [3.63, 3.8) is 0 Å². The van der Waals surface area contributed by atoms with E-state index in [0.717, 1.165) is 25.3 Å². The van der Waals surface area contributed by atoms with E-state index in [1.54, 1.807) is 0 Å². The summed E-state index contributed by atoms with van der Waals surface area (Å²) < 4.78 is 0. The van der Waals surface area contributed by atoms with Crippen molar-refractivity contribution in [3.05, 3.63) is 0 Å². The average molecular weight is 240 g/mol. The fourth-order valence-corrected chi connectivity index (χ4v) is 2.46. The fraction of sp³-hybridized carbons (Fsp3) is 0.929. The summed E-state index contributed by atoms with van der Waals surface area (Å²) in [6.07, 6.45) is 3.47. The van der Waals surface area contributed by atoms with Crippen LogP contribution in [-0.2, 0) is 4.79 Å². The third-order valence-electron chi connectivity index (χ3n) is 3.38. The van der Waals surface area contributed by atoms with Gasteiger partial charge in [-0.1, -0.05) is 27.7 Å². The van der Waals surface area contributed by atoms with Crippen LogP contribution in [0.25, 0.3) is 0 Å². The Bertz CT molecular complexity index is 251. The maximum atomic E-state index is 12.2. The number of carbonyl (C=O) groups is 1. The Morgan fingerprint density at radius 1 is 1.24 bits per heavy atom. The lowest BCUT2D eigenvalue weighted by Gasteiger charge is -2.21. The van der Waals surface area contributed by atoms with E-state index in [2.05, 4.69) is 39.9 Å². The molecule has 1 amide bonds. The molecule has 0 bridgehead atoms. The van der Waals surface area contributed by atoms with Gasteiger partial charge in [-0.15, -0.1) is 0 Å². The Morgan fingerprint density at radius 2 is 1.88 bits per heavy atom. The zero-order chi connectivity index (χ0) is 13.0. The predicted octanol–water partition coefficient (Wildman–Crippen LogP) is 2.62. The second kappa shape index (κ2) is 6.39. The van der Waals surface area contributed by atoms with Crippen LogP contribution in [0, 0.1) is 11.8 Å². The van der Waals surface area contributed by atoms with Crippen LogP contribution >= 0.6 is 0 Å². The highest BCUT2D eigenvalue weighted by Crippen LogP contribution is 2.18. The molecule has 1 saturated heterocycles. The molecule has 2 unspecified atom stereocenters. The van der Waals surface area contributed by atoms with Crippen LogP contribution in [0.4, 0.5) is 0 Å². The molecule has 0 aliphatic carbocycles. The molecule has 1 heterocycles. The number of carbonyl (C=O) groups excluding carboxylic acids is 1. The van der Waals surface area contributed by atoms with Crippen molar-refractivity contribution in [1.82, 2.24) is 10.2 Å². The van der Waals surface area contributed by atoms with Crippen molar-refractivity contribution in [3.8, 4) is 0 Å². The molecule has 0 radical (unpaired) electrons. The lowest BCUT2D eigenvalue weighted by molar-refractivity contribution is -0.130. The van der Waals surface area contributed by atoms with Crippen LogP contribution in [0.5, 0.6) is 0 Å². The second-order valence-corrected chi connectivity index (χ2v) is 6.09. The van der Waals surface area contributed by atoms with Gasteiger partial charge in [0.25, 0.3) is 0 Å². The maximum absolute atomic E-state index is 12.2. The van der Waals surface area contributed by atoms with Gasteiger partial charge in [0.2, 0.25) is 5.91 Å². The monoisotopic (exact) mass is 240 g/mol. The van der Waals surface area contributed by atoms with Crippen molar-refractivity contribution in [1.29, 1.82) is 0 Å². The molecule has 1 fully saturated rings. The molecule has 0 aromatic carbocycles. The minimum atomic E-state index is 0.0454. The van der Waals surface area contributed by atoms with Gasteiger partial charge in [0.1, 0.15) is 0 Å². The molecule has 0 saturated carbocycles. The average Bonchev–Trinajstić information content (AvgIpc) is 2.44. The minimum absolute atomic E-state index is 0.0454. The van der Waals surface area contributed by atoms with Crippen molar-refractivity contribution >= 4 is 5.91 Å². The molecule has 1 aliphatic rings. The van der Waals surface area contributed by atoms with E-state index >= 15 is 0 Å². The van der Waals surface area contributed by atoms with Crippen LogP contribution in [-0.4, -0.2) is 29.6 Å². The van der Waals surface area contributed by atoms with E-state index in [4.69, 9.17) is 0 Å². The Balaban J connectivity index is 2.42. The summed E-state index contributed by atoms with van der Waals surface area (Å²) >= 11 is 0. The highest BCUT2D eigenvalue weighted by atomic mass is 16.2. The van der Waals surface area contributed by atoms with Gasteiger partial charge in [-0.25, -0.2) is 0 Å². The largest absolute Gasteiger partial charge is 0.326 e. The third kappa shape index (κ3) is 4.30. The number of nitrogens with one attached hydrogen (secondary N) is 1. The van der Waals surface area contributed by atoms with Gasteiger partial charge in [0.15, 0.2) is 0 Å². The van der Waals surface area contributed by atoms with E-state index in [0.29, 0.717) is 11.8 Å². The predicted molar refractivity (Wildman–Crippen MR) is 71.6 cm³/mol. The van der Waals surface area contributed by atoms with Crippen molar-refractivity contribution in [2.45, 2.75) is 66.1 Å². The summed E-state index contributed by atoms with van der Waals surface area (Å²) in [5.41, 5.74) is 0. The molecule has 0 aromatic rings. The first-order chi connectivity index (χ1) is 7.91. The summed E-state index contributed by atoms with van der Waals surface area (Å²) in [6, 6.07) is 0.0454. The summed E-state index contributed by atoms with van der Waals surface area (Å²) in [6.45, 7) is 11.8. The van der Waals surface area contributed by atoms with E-state index in [1.165, 1.54) is 6.42 Å². The molecule has 3 heteroatoms. The number of rotatable bonds is 6. The molecule has 3 nitrogen and oxygen atoms in total. The van der Waals surface area contributed by atoms with E-state index < -0.39 is 0 Å². The summed E-state index contributed by atoms with van der Waals surface area (Å²) in [4.78, 5) is 14.2. The molecule has 2 atom stereocenters. The molecular formula is C14H28N2O. The van der Waals surface area contributed by atoms with Crippen molar-refractivity contribution in [2.75, 3.05) is 6.54 Å². The second-order valence-electron chi connectivity index (χ2n) is 6.09. The van der Waals surface area contributed by atoms with Crippen LogP contribution < -0.4 is 5.32 Å². The van der Waals surface area contributed by atoms with Gasteiger partial charge in [-0.3, -0.25) is 10.1 Å². The Hall–Kier alpha value is -0.570. The lowest BCUT2D eigenvalue weighted by Crippen LogP contribution is -2.35. The van der Waals surface area contributed by atoms with Crippen LogP contribution in [0.2, 0.25) is 0 Å². The molecular weight excluding hydrogens is 212 g/mol. The zero-order valence-corrected chi connectivity index (χ0v) is 12.0. The van der Waals surface area contributed by atoms with Gasteiger partial charge < -0.3 is 4.90 Å². The standard InChI is InChI=1S/C14H28N2O/c1-10(2)7-6-8-16-12(5)15-13(14(16)17)9-11(3)4/h10-13,15H,6-9H2,1-5H3. The topological polar surface area (TPSA) is 32.3 Å². The van der Waals surface area contributed by atoms with Gasteiger partial charge in [0.05, 0.1) is 12.2 Å². The molecule has 0 spiro atoms. The van der Waals surface area contributed by atoms with Crippen LogP contribution in [0.15, 0.2) is 0 Å². The molecule has 17 heavy (non-hydrogen) atoms. The highest BCUT2D eigenvalue weighted by Gasteiger charge is 2.35. The SMILES string of the molecule is CC(C)CCCN1C(=O)C(CC(C)C)NC1C.